The Morgan fingerprint density at radius 3 is 2.58 bits per heavy atom. The third kappa shape index (κ3) is 3.67. The molecule has 0 aromatic heterocycles. The second-order valence-electron chi connectivity index (χ2n) is 2.06. The van der Waals surface area contributed by atoms with Gasteiger partial charge in [-0.2, -0.15) is 0 Å². The molecule has 0 heterocycles. The zero-order valence-corrected chi connectivity index (χ0v) is 8.63. The number of rotatable bonds is 4. The van der Waals surface area contributed by atoms with Gasteiger partial charge in [0.2, 0.25) is 5.01 Å². The summed E-state index contributed by atoms with van der Waals surface area (Å²) in [5, 5.41) is -0.841. The van der Waals surface area contributed by atoms with Crippen molar-refractivity contribution in [3.8, 4) is 0 Å². The highest BCUT2D eigenvalue weighted by Crippen LogP contribution is 2.07. The standard InChI is InChI=1S/C8H11BrO3/c1-3-6(4-2)8(11)12-7(9)5-10/h3,5,7H,4H2,1-2H3. The predicted octanol–water partition coefficient (Wildman–Crippen LogP) is 1.81. The second-order valence-corrected chi connectivity index (χ2v) is 2.96. The molecule has 0 saturated heterocycles. The number of carbonyl (C=O) groups is 2. The van der Waals surface area contributed by atoms with Crippen molar-refractivity contribution in [2.24, 2.45) is 0 Å². The van der Waals surface area contributed by atoms with E-state index >= 15 is 0 Å². The molecular weight excluding hydrogens is 224 g/mol. The van der Waals surface area contributed by atoms with Crippen LogP contribution in [0.1, 0.15) is 20.3 Å². The van der Waals surface area contributed by atoms with Crippen LogP contribution in [-0.4, -0.2) is 17.3 Å². The molecule has 0 N–H and O–H groups in total. The summed E-state index contributed by atoms with van der Waals surface area (Å²) in [6, 6.07) is 0. The van der Waals surface area contributed by atoms with Crippen molar-refractivity contribution in [3.05, 3.63) is 11.6 Å². The van der Waals surface area contributed by atoms with E-state index in [4.69, 9.17) is 0 Å². The normalized spacial score (nSPS) is 13.8. The van der Waals surface area contributed by atoms with Crippen LogP contribution in [-0.2, 0) is 14.3 Å². The molecule has 0 rings (SSSR count). The minimum absolute atomic E-state index is 0.450. The van der Waals surface area contributed by atoms with Gasteiger partial charge in [-0.15, -0.1) is 0 Å². The summed E-state index contributed by atoms with van der Waals surface area (Å²) in [5.74, 6) is -0.450. The topological polar surface area (TPSA) is 43.4 Å². The van der Waals surface area contributed by atoms with Gasteiger partial charge < -0.3 is 4.74 Å². The fourth-order valence-corrected chi connectivity index (χ4v) is 0.842. The van der Waals surface area contributed by atoms with Crippen molar-refractivity contribution in [1.29, 1.82) is 0 Å². The number of allylic oxidation sites excluding steroid dienone is 1. The monoisotopic (exact) mass is 234 g/mol. The molecule has 68 valence electrons. The number of hydrogen-bond acceptors (Lipinski definition) is 3. The fraction of sp³-hybridized carbons (Fsp3) is 0.500. The molecule has 0 aromatic rings. The lowest BCUT2D eigenvalue weighted by Crippen LogP contribution is -2.14. The molecule has 0 radical (unpaired) electrons. The first-order valence-corrected chi connectivity index (χ1v) is 4.52. The zero-order chi connectivity index (χ0) is 9.56. The summed E-state index contributed by atoms with van der Waals surface area (Å²) in [4.78, 5) is 21.2. The zero-order valence-electron chi connectivity index (χ0n) is 7.04. The summed E-state index contributed by atoms with van der Waals surface area (Å²) < 4.78 is 4.68. The van der Waals surface area contributed by atoms with E-state index in [1.807, 2.05) is 6.92 Å². The van der Waals surface area contributed by atoms with Crippen molar-refractivity contribution in [2.75, 3.05) is 0 Å². The summed E-state index contributed by atoms with van der Waals surface area (Å²) in [6.07, 6.45) is 2.79. The Kier molecular flexibility index (Phi) is 5.62. The van der Waals surface area contributed by atoms with Crippen LogP contribution in [0.4, 0.5) is 0 Å². The van der Waals surface area contributed by atoms with Crippen LogP contribution < -0.4 is 0 Å². The van der Waals surface area contributed by atoms with Crippen molar-refractivity contribution in [3.63, 3.8) is 0 Å². The van der Waals surface area contributed by atoms with Gasteiger partial charge in [-0.1, -0.05) is 13.0 Å². The van der Waals surface area contributed by atoms with Gasteiger partial charge in [-0.05, 0) is 29.3 Å². The van der Waals surface area contributed by atoms with Gasteiger partial charge >= 0.3 is 5.97 Å². The number of carbonyl (C=O) groups excluding carboxylic acids is 2. The number of hydrogen-bond donors (Lipinski definition) is 0. The van der Waals surface area contributed by atoms with E-state index in [9.17, 15) is 9.59 Å². The Hall–Kier alpha value is -0.640. The van der Waals surface area contributed by atoms with Gasteiger partial charge in [-0.3, -0.25) is 4.79 Å². The molecule has 4 heteroatoms. The molecule has 0 aliphatic heterocycles. The van der Waals surface area contributed by atoms with Gasteiger partial charge in [-0.25, -0.2) is 4.79 Å². The van der Waals surface area contributed by atoms with E-state index in [1.165, 1.54) is 0 Å². The highest BCUT2D eigenvalue weighted by atomic mass is 79.9. The lowest BCUT2D eigenvalue weighted by Gasteiger charge is -2.06. The smallest absolute Gasteiger partial charge is 0.335 e. The highest BCUT2D eigenvalue weighted by Gasteiger charge is 2.12. The van der Waals surface area contributed by atoms with Gasteiger partial charge in [0.15, 0.2) is 6.29 Å². The maximum Gasteiger partial charge on any atom is 0.335 e. The molecule has 0 amide bonds. The van der Waals surface area contributed by atoms with E-state index in [2.05, 4.69) is 20.7 Å². The first-order chi connectivity index (χ1) is 5.65. The Morgan fingerprint density at radius 1 is 1.67 bits per heavy atom. The number of esters is 1. The van der Waals surface area contributed by atoms with Gasteiger partial charge in [0, 0.05) is 5.57 Å². The minimum Gasteiger partial charge on any atom is -0.440 e. The van der Waals surface area contributed by atoms with Crippen molar-refractivity contribution in [1.82, 2.24) is 0 Å². The Labute approximate surface area is 79.9 Å². The summed E-state index contributed by atoms with van der Waals surface area (Å²) in [6.45, 7) is 3.60. The third-order valence-electron chi connectivity index (χ3n) is 1.32. The number of aldehydes is 1. The van der Waals surface area contributed by atoms with Crippen molar-refractivity contribution in [2.45, 2.75) is 25.3 Å². The van der Waals surface area contributed by atoms with E-state index in [0.29, 0.717) is 18.3 Å². The lowest BCUT2D eigenvalue weighted by molar-refractivity contribution is -0.142. The van der Waals surface area contributed by atoms with E-state index in [1.54, 1.807) is 13.0 Å². The largest absolute Gasteiger partial charge is 0.440 e. The quantitative estimate of drug-likeness (QED) is 0.323. The van der Waals surface area contributed by atoms with Gasteiger partial charge in [0.05, 0.1) is 0 Å². The van der Waals surface area contributed by atoms with Crippen LogP contribution in [0, 0.1) is 0 Å². The summed E-state index contributed by atoms with van der Waals surface area (Å²) in [5.41, 5.74) is 0.571. The Balaban J connectivity index is 4.11. The van der Waals surface area contributed by atoms with Gasteiger partial charge in [0.25, 0.3) is 0 Å². The molecule has 1 unspecified atom stereocenters. The molecule has 0 fully saturated rings. The van der Waals surface area contributed by atoms with E-state index in [-0.39, 0.29) is 0 Å². The molecule has 0 spiro atoms. The molecule has 0 aliphatic carbocycles. The van der Waals surface area contributed by atoms with Gasteiger partial charge in [0.1, 0.15) is 0 Å². The minimum atomic E-state index is -0.841. The van der Waals surface area contributed by atoms with Crippen LogP contribution in [0.5, 0.6) is 0 Å². The molecule has 3 nitrogen and oxygen atoms in total. The lowest BCUT2D eigenvalue weighted by atomic mass is 10.2. The number of ether oxygens (including phenoxy) is 1. The summed E-state index contributed by atoms with van der Waals surface area (Å²) in [7, 11) is 0. The van der Waals surface area contributed by atoms with E-state index < -0.39 is 11.0 Å². The maximum atomic E-state index is 11.1. The average Bonchev–Trinajstić information content (AvgIpc) is 2.06. The average molecular weight is 235 g/mol. The Morgan fingerprint density at radius 2 is 2.25 bits per heavy atom. The molecule has 0 bridgehead atoms. The van der Waals surface area contributed by atoms with Crippen molar-refractivity contribution < 1.29 is 14.3 Å². The highest BCUT2D eigenvalue weighted by molar-refractivity contribution is 9.09. The first-order valence-electron chi connectivity index (χ1n) is 3.61. The third-order valence-corrected chi connectivity index (χ3v) is 1.72. The van der Waals surface area contributed by atoms with Crippen LogP contribution in [0.15, 0.2) is 11.6 Å². The van der Waals surface area contributed by atoms with Crippen LogP contribution >= 0.6 is 15.9 Å². The first kappa shape index (κ1) is 11.4. The molecule has 0 aliphatic rings. The van der Waals surface area contributed by atoms with E-state index in [0.717, 1.165) is 0 Å². The number of halogens is 1. The maximum absolute atomic E-state index is 11.1. The predicted molar refractivity (Wildman–Crippen MR) is 48.9 cm³/mol. The van der Waals surface area contributed by atoms with Crippen LogP contribution in [0.3, 0.4) is 0 Å². The second kappa shape index (κ2) is 5.94. The molecule has 12 heavy (non-hydrogen) atoms. The molecule has 0 aromatic carbocycles. The molecule has 0 saturated carbocycles. The molecular formula is C8H11BrO3. The summed E-state index contributed by atoms with van der Waals surface area (Å²) >= 11 is 2.87. The fourth-order valence-electron chi connectivity index (χ4n) is 0.672. The number of alkyl halides is 1. The van der Waals surface area contributed by atoms with Crippen LogP contribution in [0.25, 0.3) is 0 Å². The van der Waals surface area contributed by atoms with Crippen LogP contribution in [0.2, 0.25) is 0 Å². The SMILES string of the molecule is CC=C(CC)C(=O)OC(Br)C=O. The Bertz CT molecular complexity index is 198. The molecule has 1 atom stereocenters. The van der Waals surface area contributed by atoms with Crippen molar-refractivity contribution >= 4 is 28.2 Å².